The Morgan fingerprint density at radius 1 is 1.30 bits per heavy atom. The summed E-state index contributed by atoms with van der Waals surface area (Å²) in [5.41, 5.74) is 11.3. The number of amides is 1. The molecule has 0 aliphatic carbocycles. The molecule has 0 spiro atoms. The number of nitrogens with two attached hydrogens (primary N) is 2. The van der Waals surface area contributed by atoms with Crippen molar-refractivity contribution >= 4 is 27.4 Å². The van der Waals surface area contributed by atoms with E-state index in [1.807, 2.05) is 4.90 Å². The summed E-state index contributed by atoms with van der Waals surface area (Å²) in [6.45, 7) is 1.78. The van der Waals surface area contributed by atoms with Crippen LogP contribution in [0.4, 0.5) is 11.5 Å². The molecule has 0 atom stereocenters. The number of hydrogen-bond donors (Lipinski definition) is 2. The van der Waals surface area contributed by atoms with Gasteiger partial charge in [0.05, 0.1) is 23.7 Å². The first-order valence-corrected chi connectivity index (χ1v) is 7.89. The van der Waals surface area contributed by atoms with Gasteiger partial charge in [-0.3, -0.25) is 4.79 Å². The third kappa shape index (κ3) is 2.99. The van der Waals surface area contributed by atoms with Crippen molar-refractivity contribution in [3.63, 3.8) is 0 Å². The van der Waals surface area contributed by atoms with Gasteiger partial charge in [0.15, 0.2) is 0 Å². The van der Waals surface area contributed by atoms with Gasteiger partial charge in [-0.25, -0.2) is 13.4 Å². The third-order valence-electron chi connectivity index (χ3n) is 3.22. The van der Waals surface area contributed by atoms with Gasteiger partial charge in [0.2, 0.25) is 10.0 Å². The van der Waals surface area contributed by atoms with E-state index in [1.54, 1.807) is 0 Å². The van der Waals surface area contributed by atoms with Crippen molar-refractivity contribution in [1.82, 2.24) is 9.29 Å². The van der Waals surface area contributed by atoms with Gasteiger partial charge in [0.25, 0.3) is 5.91 Å². The van der Waals surface area contributed by atoms with E-state index < -0.39 is 15.9 Å². The second-order valence-corrected chi connectivity index (χ2v) is 6.63. The minimum atomic E-state index is -3.17. The van der Waals surface area contributed by atoms with Crippen molar-refractivity contribution in [2.45, 2.75) is 0 Å². The number of carbonyl (C=O) groups is 1. The van der Waals surface area contributed by atoms with Gasteiger partial charge in [0, 0.05) is 26.2 Å². The Hall–Kier alpha value is -1.87. The van der Waals surface area contributed by atoms with E-state index in [9.17, 15) is 13.2 Å². The standard InChI is InChI=1S/C11H17N5O3S/c1-20(18,19)16-4-2-15(3-5-16)10-6-8(11(13)17)9(12)7-14-10/h6-7H,2-5,12H2,1H3,(H2,13,17). The second kappa shape index (κ2) is 5.25. The van der Waals surface area contributed by atoms with Crippen molar-refractivity contribution < 1.29 is 13.2 Å². The van der Waals surface area contributed by atoms with Crippen LogP contribution < -0.4 is 16.4 Å². The van der Waals surface area contributed by atoms with Gasteiger partial charge in [-0.15, -0.1) is 0 Å². The zero-order valence-corrected chi connectivity index (χ0v) is 11.9. The molecule has 0 bridgehead atoms. The molecule has 1 aromatic heterocycles. The van der Waals surface area contributed by atoms with Gasteiger partial charge in [-0.1, -0.05) is 0 Å². The number of piperazine rings is 1. The average Bonchev–Trinajstić information content (AvgIpc) is 2.38. The van der Waals surface area contributed by atoms with Crippen molar-refractivity contribution in [3.05, 3.63) is 17.8 Å². The van der Waals surface area contributed by atoms with Crippen LogP contribution in [0, 0.1) is 0 Å². The number of aromatic nitrogens is 1. The fourth-order valence-electron chi connectivity index (χ4n) is 2.09. The largest absolute Gasteiger partial charge is 0.397 e. The number of sulfonamides is 1. The van der Waals surface area contributed by atoms with Crippen LogP contribution in [0.15, 0.2) is 12.3 Å². The zero-order valence-electron chi connectivity index (χ0n) is 11.1. The van der Waals surface area contributed by atoms with Crippen LogP contribution in [0.5, 0.6) is 0 Å². The Labute approximate surface area is 117 Å². The molecule has 2 heterocycles. The van der Waals surface area contributed by atoms with E-state index in [0.29, 0.717) is 32.0 Å². The topological polar surface area (TPSA) is 123 Å². The average molecular weight is 299 g/mol. The molecule has 1 amide bonds. The molecule has 9 heteroatoms. The SMILES string of the molecule is CS(=O)(=O)N1CCN(c2cc(C(N)=O)c(N)cn2)CC1. The maximum absolute atomic E-state index is 11.4. The van der Waals surface area contributed by atoms with Gasteiger partial charge in [-0.2, -0.15) is 4.31 Å². The summed E-state index contributed by atoms with van der Waals surface area (Å²) in [5.74, 6) is -0.0397. The molecule has 0 aromatic carbocycles. The molecule has 1 aromatic rings. The molecular weight excluding hydrogens is 282 g/mol. The number of nitrogens with zero attached hydrogens (tertiary/aromatic N) is 3. The molecule has 1 saturated heterocycles. The summed E-state index contributed by atoms with van der Waals surface area (Å²) in [5, 5.41) is 0. The van der Waals surface area contributed by atoms with Crippen LogP contribution in [0.3, 0.4) is 0 Å². The highest BCUT2D eigenvalue weighted by Crippen LogP contribution is 2.19. The fourth-order valence-corrected chi connectivity index (χ4v) is 2.92. The predicted molar refractivity (Wildman–Crippen MR) is 75.8 cm³/mol. The van der Waals surface area contributed by atoms with E-state index in [-0.39, 0.29) is 11.3 Å². The van der Waals surface area contributed by atoms with Crippen LogP contribution in [0.1, 0.15) is 10.4 Å². The van der Waals surface area contributed by atoms with Crippen molar-refractivity contribution in [1.29, 1.82) is 0 Å². The lowest BCUT2D eigenvalue weighted by Gasteiger charge is -2.34. The number of anilines is 2. The van der Waals surface area contributed by atoms with Gasteiger partial charge in [0.1, 0.15) is 5.82 Å². The molecular formula is C11H17N5O3S. The summed E-state index contributed by atoms with van der Waals surface area (Å²) in [6, 6.07) is 1.54. The van der Waals surface area contributed by atoms with Crippen LogP contribution in [0.2, 0.25) is 0 Å². The van der Waals surface area contributed by atoms with E-state index >= 15 is 0 Å². The molecule has 1 aliphatic rings. The van der Waals surface area contributed by atoms with E-state index in [0.717, 1.165) is 0 Å². The summed E-state index contributed by atoms with van der Waals surface area (Å²) >= 11 is 0. The fraction of sp³-hybridized carbons (Fsp3) is 0.455. The maximum atomic E-state index is 11.4. The normalized spacial score (nSPS) is 17.1. The number of primary amides is 1. The molecule has 1 aliphatic heterocycles. The maximum Gasteiger partial charge on any atom is 0.250 e. The second-order valence-electron chi connectivity index (χ2n) is 4.64. The molecule has 8 nitrogen and oxygen atoms in total. The zero-order chi connectivity index (χ0) is 14.9. The summed E-state index contributed by atoms with van der Waals surface area (Å²) in [7, 11) is -3.17. The van der Waals surface area contributed by atoms with Crippen LogP contribution in [-0.2, 0) is 10.0 Å². The number of nitrogen functional groups attached to an aromatic ring is 1. The Morgan fingerprint density at radius 3 is 2.40 bits per heavy atom. The molecule has 0 saturated carbocycles. The smallest absolute Gasteiger partial charge is 0.250 e. The van der Waals surface area contributed by atoms with Crippen LogP contribution >= 0.6 is 0 Å². The molecule has 110 valence electrons. The summed E-state index contributed by atoms with van der Waals surface area (Å²) in [4.78, 5) is 17.3. The third-order valence-corrected chi connectivity index (χ3v) is 4.52. The minimum Gasteiger partial charge on any atom is -0.397 e. The molecule has 0 radical (unpaired) electrons. The van der Waals surface area contributed by atoms with Crippen LogP contribution in [-0.4, -0.2) is 56.0 Å². The van der Waals surface area contributed by atoms with E-state index in [1.165, 1.54) is 22.8 Å². The quantitative estimate of drug-likeness (QED) is 0.726. The highest BCUT2D eigenvalue weighted by Gasteiger charge is 2.24. The van der Waals surface area contributed by atoms with Gasteiger partial charge >= 0.3 is 0 Å². The minimum absolute atomic E-state index is 0.223. The highest BCUT2D eigenvalue weighted by molar-refractivity contribution is 7.88. The highest BCUT2D eigenvalue weighted by atomic mass is 32.2. The number of rotatable bonds is 3. The Kier molecular flexibility index (Phi) is 3.82. The Balaban J connectivity index is 2.15. The molecule has 0 unspecified atom stereocenters. The van der Waals surface area contributed by atoms with Crippen molar-refractivity contribution in [2.24, 2.45) is 5.73 Å². The summed E-state index contributed by atoms with van der Waals surface area (Å²) < 4.78 is 24.3. The first-order valence-electron chi connectivity index (χ1n) is 6.04. The monoisotopic (exact) mass is 299 g/mol. The van der Waals surface area contributed by atoms with E-state index in [4.69, 9.17) is 11.5 Å². The van der Waals surface area contributed by atoms with E-state index in [2.05, 4.69) is 4.98 Å². The molecule has 1 fully saturated rings. The molecule has 4 N–H and O–H groups in total. The lowest BCUT2D eigenvalue weighted by molar-refractivity contribution is 0.100. The van der Waals surface area contributed by atoms with Crippen molar-refractivity contribution in [2.75, 3.05) is 43.1 Å². The van der Waals surface area contributed by atoms with Gasteiger partial charge in [-0.05, 0) is 6.07 Å². The first-order chi connectivity index (χ1) is 9.29. The number of hydrogen-bond acceptors (Lipinski definition) is 6. The first kappa shape index (κ1) is 14.5. The van der Waals surface area contributed by atoms with Crippen LogP contribution in [0.25, 0.3) is 0 Å². The predicted octanol–water partition coefficient (Wildman–Crippen LogP) is -1.16. The number of carbonyl (C=O) groups excluding carboxylic acids is 1. The van der Waals surface area contributed by atoms with Crippen molar-refractivity contribution in [3.8, 4) is 0 Å². The molecule has 2 rings (SSSR count). The molecule has 20 heavy (non-hydrogen) atoms. The number of pyridine rings is 1. The lowest BCUT2D eigenvalue weighted by Crippen LogP contribution is -2.48. The summed E-state index contributed by atoms with van der Waals surface area (Å²) in [6.07, 6.45) is 2.58. The Morgan fingerprint density at radius 2 is 1.90 bits per heavy atom. The van der Waals surface area contributed by atoms with Gasteiger partial charge < -0.3 is 16.4 Å². The Bertz CT molecular complexity index is 623. The lowest BCUT2D eigenvalue weighted by atomic mass is 10.2.